The summed E-state index contributed by atoms with van der Waals surface area (Å²) in [4.78, 5) is 2.10. The van der Waals surface area contributed by atoms with E-state index in [0.717, 1.165) is 5.69 Å². The molecular weight excluding hydrogens is 352 g/mol. The molecule has 0 aromatic carbocycles. The molecular formula is C14H26N4O4S2. The van der Waals surface area contributed by atoms with E-state index in [1.165, 1.54) is 0 Å². The summed E-state index contributed by atoms with van der Waals surface area (Å²) < 4.78 is 51.0. The van der Waals surface area contributed by atoms with Crippen LogP contribution in [0.4, 0.5) is 0 Å². The molecule has 0 amide bonds. The SMILES string of the molecule is CCS(=O)(=O)CCN1Cc2ccnn2[C@H](CCNS(=O)(=O)CC)C1. The van der Waals surface area contributed by atoms with Crippen LogP contribution in [0.2, 0.25) is 0 Å². The first-order valence-electron chi connectivity index (χ1n) is 8.19. The van der Waals surface area contributed by atoms with Gasteiger partial charge in [-0.15, -0.1) is 0 Å². The van der Waals surface area contributed by atoms with E-state index < -0.39 is 19.9 Å². The summed E-state index contributed by atoms with van der Waals surface area (Å²) in [5, 5.41) is 4.33. The number of hydrogen-bond acceptors (Lipinski definition) is 6. The van der Waals surface area contributed by atoms with Crippen molar-refractivity contribution in [3.05, 3.63) is 18.0 Å². The highest BCUT2D eigenvalue weighted by Gasteiger charge is 2.26. The van der Waals surface area contributed by atoms with Gasteiger partial charge in [0.1, 0.15) is 0 Å². The number of rotatable bonds is 9. The largest absolute Gasteiger partial charge is 0.294 e. The Morgan fingerprint density at radius 2 is 2.00 bits per heavy atom. The Labute approximate surface area is 144 Å². The van der Waals surface area contributed by atoms with E-state index in [2.05, 4.69) is 14.7 Å². The molecule has 1 aliphatic rings. The smallest absolute Gasteiger partial charge is 0.211 e. The first kappa shape index (κ1) is 19.4. The van der Waals surface area contributed by atoms with Crippen LogP contribution in [0.25, 0.3) is 0 Å². The minimum atomic E-state index is -3.20. The van der Waals surface area contributed by atoms with Crippen LogP contribution in [0.15, 0.2) is 12.3 Å². The van der Waals surface area contributed by atoms with Gasteiger partial charge in [-0.3, -0.25) is 9.58 Å². The summed E-state index contributed by atoms with van der Waals surface area (Å²) >= 11 is 0. The maximum absolute atomic E-state index is 11.7. The molecule has 0 spiro atoms. The van der Waals surface area contributed by atoms with Crippen molar-refractivity contribution in [2.24, 2.45) is 0 Å². The van der Waals surface area contributed by atoms with Crippen molar-refractivity contribution in [3.63, 3.8) is 0 Å². The molecule has 8 nitrogen and oxygen atoms in total. The molecule has 10 heteroatoms. The van der Waals surface area contributed by atoms with Crippen molar-refractivity contribution in [3.8, 4) is 0 Å². The lowest BCUT2D eigenvalue weighted by molar-refractivity contribution is 0.177. The zero-order valence-corrected chi connectivity index (χ0v) is 15.8. The number of nitrogens with one attached hydrogen (secondary N) is 1. The molecule has 2 rings (SSSR count). The normalized spacial score (nSPS) is 19.3. The molecule has 0 saturated carbocycles. The molecule has 24 heavy (non-hydrogen) atoms. The lowest BCUT2D eigenvalue weighted by Gasteiger charge is -2.33. The Kier molecular flexibility index (Phi) is 6.40. The molecule has 0 unspecified atom stereocenters. The molecule has 2 heterocycles. The van der Waals surface area contributed by atoms with Gasteiger partial charge in [-0.2, -0.15) is 5.10 Å². The van der Waals surface area contributed by atoms with Crippen molar-refractivity contribution in [2.45, 2.75) is 32.9 Å². The highest BCUT2D eigenvalue weighted by molar-refractivity contribution is 7.91. The lowest BCUT2D eigenvalue weighted by Crippen LogP contribution is -2.41. The average molecular weight is 379 g/mol. The highest BCUT2D eigenvalue weighted by Crippen LogP contribution is 2.22. The number of aromatic nitrogens is 2. The van der Waals surface area contributed by atoms with E-state index in [0.29, 0.717) is 32.6 Å². The fourth-order valence-corrected chi connectivity index (χ4v) is 4.20. The van der Waals surface area contributed by atoms with Gasteiger partial charge in [0.2, 0.25) is 10.0 Å². The van der Waals surface area contributed by atoms with E-state index in [1.807, 2.05) is 10.7 Å². The first-order chi connectivity index (χ1) is 11.3. The van der Waals surface area contributed by atoms with Crippen LogP contribution in [0.3, 0.4) is 0 Å². The third-order valence-electron chi connectivity index (χ3n) is 4.29. The van der Waals surface area contributed by atoms with Crippen LogP contribution in [0.1, 0.15) is 32.0 Å². The van der Waals surface area contributed by atoms with Crippen LogP contribution >= 0.6 is 0 Å². The predicted octanol–water partition coefficient (Wildman–Crippen LogP) is 0.00390. The maximum Gasteiger partial charge on any atom is 0.211 e. The number of fused-ring (bicyclic) bond motifs is 1. The zero-order chi connectivity index (χ0) is 17.8. The fourth-order valence-electron chi connectivity index (χ4n) is 2.74. The van der Waals surface area contributed by atoms with Gasteiger partial charge in [0, 0.05) is 38.1 Å². The Hall–Kier alpha value is -0.970. The van der Waals surface area contributed by atoms with Crippen molar-refractivity contribution < 1.29 is 16.8 Å². The molecule has 1 N–H and O–H groups in total. The summed E-state index contributed by atoms with van der Waals surface area (Å²) in [7, 11) is -6.20. The Morgan fingerprint density at radius 1 is 1.25 bits per heavy atom. The third-order valence-corrected chi connectivity index (χ3v) is 7.38. The van der Waals surface area contributed by atoms with Crippen LogP contribution in [-0.2, 0) is 26.4 Å². The Morgan fingerprint density at radius 3 is 2.67 bits per heavy atom. The molecule has 1 aliphatic heterocycles. The fraction of sp³-hybridized carbons (Fsp3) is 0.786. The minimum Gasteiger partial charge on any atom is -0.294 e. The molecule has 0 fully saturated rings. The van der Waals surface area contributed by atoms with Gasteiger partial charge in [0.15, 0.2) is 9.84 Å². The predicted molar refractivity (Wildman–Crippen MR) is 92.9 cm³/mol. The van der Waals surface area contributed by atoms with Gasteiger partial charge >= 0.3 is 0 Å². The van der Waals surface area contributed by atoms with Crippen LogP contribution in [0, 0.1) is 0 Å². The number of sulfonamides is 1. The number of nitrogens with zero attached hydrogens (tertiary/aromatic N) is 3. The second-order valence-electron chi connectivity index (χ2n) is 5.98. The standard InChI is InChI=1S/C14H26N4O4S2/c1-3-23(19,20)10-9-17-11-13-5-7-15-18(13)14(12-17)6-8-16-24(21,22)4-2/h5,7,14,16H,3-4,6,8-12H2,1-2H3/t14-/m1/s1. The molecule has 1 aromatic heterocycles. The monoisotopic (exact) mass is 378 g/mol. The molecule has 0 radical (unpaired) electrons. The first-order valence-corrected chi connectivity index (χ1v) is 11.7. The van der Waals surface area contributed by atoms with Gasteiger partial charge in [-0.05, 0) is 19.4 Å². The van der Waals surface area contributed by atoms with Gasteiger partial charge in [-0.1, -0.05) is 6.92 Å². The van der Waals surface area contributed by atoms with Crippen molar-refractivity contribution in [1.29, 1.82) is 0 Å². The van der Waals surface area contributed by atoms with Crippen LogP contribution < -0.4 is 4.72 Å². The summed E-state index contributed by atoms with van der Waals surface area (Å²) in [6.45, 7) is 5.42. The van der Waals surface area contributed by atoms with E-state index in [1.54, 1.807) is 20.0 Å². The second-order valence-corrected chi connectivity index (χ2v) is 10.5. The minimum absolute atomic E-state index is 0.0348. The molecule has 138 valence electrons. The summed E-state index contributed by atoms with van der Waals surface area (Å²) in [6.07, 6.45) is 2.34. The van der Waals surface area contributed by atoms with Crippen molar-refractivity contribution in [1.82, 2.24) is 19.4 Å². The third kappa shape index (κ3) is 5.27. The second kappa shape index (κ2) is 7.94. The van der Waals surface area contributed by atoms with E-state index in [9.17, 15) is 16.8 Å². The van der Waals surface area contributed by atoms with Gasteiger partial charge < -0.3 is 0 Å². The Bertz CT molecular complexity index is 743. The maximum atomic E-state index is 11.7. The quantitative estimate of drug-likeness (QED) is 0.649. The lowest BCUT2D eigenvalue weighted by atomic mass is 10.1. The molecule has 1 aromatic rings. The molecule has 0 aliphatic carbocycles. The molecule has 1 atom stereocenters. The van der Waals surface area contributed by atoms with E-state index in [4.69, 9.17) is 0 Å². The summed E-state index contributed by atoms with van der Waals surface area (Å²) in [5.41, 5.74) is 1.03. The van der Waals surface area contributed by atoms with Gasteiger partial charge in [0.05, 0.1) is 23.2 Å². The average Bonchev–Trinajstić information content (AvgIpc) is 3.01. The molecule has 0 bridgehead atoms. The topological polar surface area (TPSA) is 101 Å². The van der Waals surface area contributed by atoms with Crippen LogP contribution in [-0.4, -0.2) is 68.4 Å². The number of hydrogen-bond donors (Lipinski definition) is 1. The van der Waals surface area contributed by atoms with E-state index in [-0.39, 0.29) is 23.3 Å². The van der Waals surface area contributed by atoms with Crippen molar-refractivity contribution in [2.75, 3.05) is 36.9 Å². The van der Waals surface area contributed by atoms with Gasteiger partial charge in [0.25, 0.3) is 0 Å². The summed E-state index contributed by atoms with van der Waals surface area (Å²) in [5.74, 6) is 0.361. The highest BCUT2D eigenvalue weighted by atomic mass is 32.2. The molecule has 0 saturated heterocycles. The number of sulfone groups is 1. The van der Waals surface area contributed by atoms with E-state index >= 15 is 0 Å². The van der Waals surface area contributed by atoms with Gasteiger partial charge in [-0.25, -0.2) is 21.6 Å². The summed E-state index contributed by atoms with van der Waals surface area (Å²) in [6, 6.07) is 1.96. The van der Waals surface area contributed by atoms with Crippen molar-refractivity contribution >= 4 is 19.9 Å². The zero-order valence-electron chi connectivity index (χ0n) is 14.2. The van der Waals surface area contributed by atoms with Crippen LogP contribution in [0.5, 0.6) is 0 Å². The Balaban J connectivity index is 1.98.